The Balaban J connectivity index is 1.71. The molecule has 0 aliphatic carbocycles. The first-order valence-electron chi connectivity index (χ1n) is 7.20. The van der Waals surface area contributed by atoms with E-state index >= 15 is 0 Å². The number of aromatic nitrogens is 1. The molecule has 1 atom stereocenters. The molecule has 0 spiro atoms. The molecule has 5 nitrogen and oxygen atoms in total. The molecule has 1 amide bonds. The van der Waals surface area contributed by atoms with Gasteiger partial charge in [-0.15, -0.1) is 0 Å². The Kier molecular flexibility index (Phi) is 4.45. The number of fused-ring (bicyclic) bond motifs is 1. The number of rotatable bonds is 3. The third-order valence-corrected chi connectivity index (χ3v) is 3.95. The molecular formula is C16H17ClN2O3. The normalized spacial score (nSPS) is 18.5. The van der Waals surface area contributed by atoms with Gasteiger partial charge in [0.05, 0.1) is 17.7 Å². The Morgan fingerprint density at radius 2 is 2.36 bits per heavy atom. The van der Waals surface area contributed by atoms with E-state index in [-0.39, 0.29) is 18.6 Å². The summed E-state index contributed by atoms with van der Waals surface area (Å²) in [7, 11) is 0. The summed E-state index contributed by atoms with van der Waals surface area (Å²) in [6, 6.07) is 7.19. The highest BCUT2D eigenvalue weighted by atomic mass is 35.5. The van der Waals surface area contributed by atoms with Crippen LogP contribution in [-0.4, -0.2) is 48.2 Å². The number of amides is 1. The summed E-state index contributed by atoms with van der Waals surface area (Å²) in [6.07, 6.45) is 1.74. The molecule has 1 aromatic carbocycles. The molecular weight excluding hydrogens is 304 g/mol. The zero-order chi connectivity index (χ0) is 15.5. The quantitative estimate of drug-likeness (QED) is 0.872. The lowest BCUT2D eigenvalue weighted by Crippen LogP contribution is -2.46. The van der Waals surface area contributed by atoms with Gasteiger partial charge < -0.3 is 14.4 Å². The molecule has 22 heavy (non-hydrogen) atoms. The maximum absolute atomic E-state index is 12.2. The van der Waals surface area contributed by atoms with Crippen LogP contribution in [0.5, 0.6) is 5.75 Å². The molecule has 2 aromatic rings. The van der Waals surface area contributed by atoms with Crippen LogP contribution in [0, 0.1) is 0 Å². The van der Waals surface area contributed by atoms with Gasteiger partial charge in [-0.1, -0.05) is 11.6 Å². The Morgan fingerprint density at radius 3 is 3.18 bits per heavy atom. The Morgan fingerprint density at radius 1 is 1.50 bits per heavy atom. The fourth-order valence-electron chi connectivity index (χ4n) is 2.50. The predicted octanol–water partition coefficient (Wildman–Crippen LogP) is 2.51. The van der Waals surface area contributed by atoms with Gasteiger partial charge in [-0.3, -0.25) is 9.78 Å². The van der Waals surface area contributed by atoms with Gasteiger partial charge in [-0.25, -0.2) is 0 Å². The van der Waals surface area contributed by atoms with E-state index in [0.717, 1.165) is 5.39 Å². The summed E-state index contributed by atoms with van der Waals surface area (Å²) in [5, 5.41) is 1.43. The van der Waals surface area contributed by atoms with Crippen molar-refractivity contribution in [3.05, 3.63) is 35.5 Å². The zero-order valence-electron chi connectivity index (χ0n) is 12.3. The highest BCUT2D eigenvalue weighted by Gasteiger charge is 2.21. The zero-order valence-corrected chi connectivity index (χ0v) is 13.0. The van der Waals surface area contributed by atoms with E-state index in [9.17, 15) is 4.79 Å². The first kappa shape index (κ1) is 15.1. The average molecular weight is 321 g/mol. The second kappa shape index (κ2) is 6.50. The number of hydrogen-bond donors (Lipinski definition) is 0. The molecule has 1 aliphatic heterocycles. The highest BCUT2D eigenvalue weighted by molar-refractivity contribution is 6.35. The number of nitrogens with zero attached hydrogens (tertiary/aromatic N) is 2. The molecule has 1 aliphatic rings. The van der Waals surface area contributed by atoms with E-state index < -0.39 is 0 Å². The van der Waals surface area contributed by atoms with Crippen LogP contribution in [0.1, 0.15) is 6.92 Å². The monoisotopic (exact) mass is 320 g/mol. The second-order valence-electron chi connectivity index (χ2n) is 5.25. The maximum atomic E-state index is 12.2. The summed E-state index contributed by atoms with van der Waals surface area (Å²) >= 11 is 6.14. The first-order valence-corrected chi connectivity index (χ1v) is 7.58. The van der Waals surface area contributed by atoms with Gasteiger partial charge in [-0.05, 0) is 31.2 Å². The summed E-state index contributed by atoms with van der Waals surface area (Å²) in [6.45, 7) is 3.71. The number of hydrogen-bond acceptors (Lipinski definition) is 4. The Hall–Kier alpha value is -1.85. The van der Waals surface area contributed by atoms with Gasteiger partial charge in [-0.2, -0.15) is 0 Å². The molecule has 1 aromatic heterocycles. The van der Waals surface area contributed by atoms with Crippen LogP contribution in [0.3, 0.4) is 0 Å². The van der Waals surface area contributed by atoms with Crippen molar-refractivity contribution < 1.29 is 14.3 Å². The average Bonchev–Trinajstić information content (AvgIpc) is 2.54. The minimum Gasteiger partial charge on any atom is -0.481 e. The largest absolute Gasteiger partial charge is 0.481 e. The van der Waals surface area contributed by atoms with Crippen molar-refractivity contribution in [2.75, 3.05) is 26.3 Å². The lowest BCUT2D eigenvalue weighted by Gasteiger charge is -2.31. The van der Waals surface area contributed by atoms with Crippen molar-refractivity contribution >= 4 is 28.4 Å². The van der Waals surface area contributed by atoms with E-state index in [2.05, 4.69) is 4.98 Å². The van der Waals surface area contributed by atoms with Gasteiger partial charge in [0, 0.05) is 24.7 Å². The van der Waals surface area contributed by atoms with Crippen molar-refractivity contribution in [2.45, 2.75) is 13.0 Å². The topological polar surface area (TPSA) is 51.7 Å². The van der Waals surface area contributed by atoms with Gasteiger partial charge in [0.2, 0.25) is 0 Å². The van der Waals surface area contributed by atoms with Crippen LogP contribution < -0.4 is 4.74 Å². The lowest BCUT2D eigenvalue weighted by atomic mass is 10.2. The molecule has 2 heterocycles. The first-order chi connectivity index (χ1) is 10.6. The molecule has 0 bridgehead atoms. The summed E-state index contributed by atoms with van der Waals surface area (Å²) in [4.78, 5) is 18.3. The molecule has 0 saturated carbocycles. The highest BCUT2D eigenvalue weighted by Crippen LogP contribution is 2.29. The molecule has 116 valence electrons. The van der Waals surface area contributed by atoms with Gasteiger partial charge in [0.15, 0.2) is 6.61 Å². The minimum absolute atomic E-state index is 0.0139. The van der Waals surface area contributed by atoms with Crippen LogP contribution in [0.25, 0.3) is 10.9 Å². The van der Waals surface area contributed by atoms with E-state index in [4.69, 9.17) is 21.1 Å². The van der Waals surface area contributed by atoms with Crippen LogP contribution in [-0.2, 0) is 9.53 Å². The third-order valence-electron chi connectivity index (χ3n) is 3.62. The fraction of sp³-hybridized carbons (Fsp3) is 0.375. The second-order valence-corrected chi connectivity index (χ2v) is 5.66. The van der Waals surface area contributed by atoms with Crippen LogP contribution in [0.4, 0.5) is 0 Å². The smallest absolute Gasteiger partial charge is 0.260 e. The van der Waals surface area contributed by atoms with Crippen LogP contribution >= 0.6 is 11.6 Å². The number of benzene rings is 1. The summed E-state index contributed by atoms with van der Waals surface area (Å²) in [5.74, 6) is 0.517. The predicted molar refractivity (Wildman–Crippen MR) is 84.2 cm³/mol. The SMILES string of the molecule is CC1CN(C(=O)COc2ccc(Cl)c3cccnc23)CCO1. The number of morpholine rings is 1. The van der Waals surface area contributed by atoms with Gasteiger partial charge in [0.1, 0.15) is 11.3 Å². The number of carbonyl (C=O) groups is 1. The molecule has 1 fully saturated rings. The van der Waals surface area contributed by atoms with E-state index in [1.807, 2.05) is 19.1 Å². The maximum Gasteiger partial charge on any atom is 0.260 e. The van der Waals surface area contributed by atoms with Crippen LogP contribution in [0.2, 0.25) is 5.02 Å². The number of ether oxygens (including phenoxy) is 2. The Labute approximate surface area is 133 Å². The fourth-order valence-corrected chi connectivity index (χ4v) is 2.72. The molecule has 1 unspecified atom stereocenters. The lowest BCUT2D eigenvalue weighted by molar-refractivity contribution is -0.140. The third kappa shape index (κ3) is 3.15. The molecule has 6 heteroatoms. The summed E-state index contributed by atoms with van der Waals surface area (Å²) < 4.78 is 11.1. The number of halogens is 1. The van der Waals surface area contributed by atoms with Crippen molar-refractivity contribution in [1.82, 2.24) is 9.88 Å². The molecule has 1 saturated heterocycles. The van der Waals surface area contributed by atoms with Gasteiger partial charge >= 0.3 is 0 Å². The van der Waals surface area contributed by atoms with E-state index in [1.165, 1.54) is 0 Å². The molecule has 0 N–H and O–H groups in total. The van der Waals surface area contributed by atoms with Gasteiger partial charge in [0.25, 0.3) is 5.91 Å². The molecule has 3 rings (SSSR count). The summed E-state index contributed by atoms with van der Waals surface area (Å²) in [5.41, 5.74) is 0.665. The van der Waals surface area contributed by atoms with Crippen molar-refractivity contribution in [3.8, 4) is 5.75 Å². The molecule has 0 radical (unpaired) electrons. The Bertz CT molecular complexity index is 692. The van der Waals surface area contributed by atoms with Crippen LogP contribution in [0.15, 0.2) is 30.5 Å². The number of pyridine rings is 1. The van der Waals surface area contributed by atoms with E-state index in [0.29, 0.717) is 36.0 Å². The van der Waals surface area contributed by atoms with Crippen molar-refractivity contribution in [1.29, 1.82) is 0 Å². The standard InChI is InChI=1S/C16H17ClN2O3/c1-11-9-19(7-8-21-11)15(20)10-22-14-5-4-13(17)12-3-2-6-18-16(12)14/h2-6,11H,7-10H2,1H3. The number of carbonyl (C=O) groups excluding carboxylic acids is 1. The minimum atomic E-state index is -0.0471. The van der Waals surface area contributed by atoms with Crippen molar-refractivity contribution in [2.24, 2.45) is 0 Å². The van der Waals surface area contributed by atoms with E-state index in [1.54, 1.807) is 23.2 Å². The van der Waals surface area contributed by atoms with Crippen molar-refractivity contribution in [3.63, 3.8) is 0 Å².